The molecule has 0 aliphatic carbocycles. The fourth-order valence-corrected chi connectivity index (χ4v) is 2.76. The molecule has 3 atom stereocenters. The SMILES string of the molecule is COC(=O)[C@@H]1[C@H](C)[C@@H](C)CN1Cc1ccccc1. The zero-order valence-corrected chi connectivity index (χ0v) is 11.3. The first-order valence-corrected chi connectivity index (χ1v) is 6.49. The van der Waals surface area contributed by atoms with E-state index in [0.717, 1.165) is 13.1 Å². The first kappa shape index (κ1) is 13.1. The Morgan fingerprint density at radius 1 is 1.33 bits per heavy atom. The van der Waals surface area contributed by atoms with Crippen molar-refractivity contribution in [3.05, 3.63) is 35.9 Å². The van der Waals surface area contributed by atoms with Gasteiger partial charge in [-0.15, -0.1) is 0 Å². The number of ether oxygens (including phenoxy) is 1. The Morgan fingerprint density at radius 2 is 2.00 bits per heavy atom. The normalized spacial score (nSPS) is 28.3. The topological polar surface area (TPSA) is 29.5 Å². The minimum absolute atomic E-state index is 0.106. The molecule has 1 aliphatic rings. The molecule has 18 heavy (non-hydrogen) atoms. The maximum absolute atomic E-state index is 11.9. The molecule has 1 saturated heterocycles. The van der Waals surface area contributed by atoms with E-state index >= 15 is 0 Å². The van der Waals surface area contributed by atoms with Gasteiger partial charge in [-0.25, -0.2) is 0 Å². The molecule has 1 heterocycles. The highest BCUT2D eigenvalue weighted by molar-refractivity contribution is 5.76. The Morgan fingerprint density at radius 3 is 2.61 bits per heavy atom. The molecule has 1 aromatic carbocycles. The van der Waals surface area contributed by atoms with E-state index in [4.69, 9.17) is 4.74 Å². The van der Waals surface area contributed by atoms with E-state index in [0.29, 0.717) is 11.8 Å². The zero-order chi connectivity index (χ0) is 13.1. The van der Waals surface area contributed by atoms with Crippen molar-refractivity contribution in [2.45, 2.75) is 26.4 Å². The van der Waals surface area contributed by atoms with Crippen LogP contribution in [0.25, 0.3) is 0 Å². The van der Waals surface area contributed by atoms with E-state index in [1.54, 1.807) is 0 Å². The predicted molar refractivity (Wildman–Crippen MR) is 71.0 cm³/mol. The maximum Gasteiger partial charge on any atom is 0.323 e. The minimum Gasteiger partial charge on any atom is -0.468 e. The Labute approximate surface area is 109 Å². The average Bonchev–Trinajstić information content (AvgIpc) is 2.65. The third-order valence-electron chi connectivity index (χ3n) is 3.98. The van der Waals surface area contributed by atoms with Gasteiger partial charge in [0, 0.05) is 13.1 Å². The first-order chi connectivity index (χ1) is 8.63. The van der Waals surface area contributed by atoms with Crippen LogP contribution in [0.15, 0.2) is 30.3 Å². The van der Waals surface area contributed by atoms with E-state index in [-0.39, 0.29) is 12.0 Å². The van der Waals surface area contributed by atoms with E-state index in [2.05, 4.69) is 30.9 Å². The van der Waals surface area contributed by atoms with E-state index in [1.807, 2.05) is 18.2 Å². The Balaban J connectivity index is 2.13. The van der Waals surface area contributed by atoms with Crippen LogP contribution in [0.1, 0.15) is 19.4 Å². The molecule has 0 spiro atoms. The first-order valence-electron chi connectivity index (χ1n) is 6.49. The molecule has 1 aromatic rings. The second-order valence-electron chi connectivity index (χ2n) is 5.22. The molecule has 1 aliphatic heterocycles. The third-order valence-corrected chi connectivity index (χ3v) is 3.98. The number of benzene rings is 1. The molecule has 0 unspecified atom stereocenters. The van der Waals surface area contributed by atoms with Crippen molar-refractivity contribution in [2.75, 3.05) is 13.7 Å². The van der Waals surface area contributed by atoms with Gasteiger partial charge in [-0.05, 0) is 17.4 Å². The van der Waals surface area contributed by atoms with Gasteiger partial charge >= 0.3 is 5.97 Å². The molecular formula is C15H21NO2. The van der Waals surface area contributed by atoms with E-state index in [9.17, 15) is 4.79 Å². The molecule has 0 aromatic heterocycles. The predicted octanol–water partition coefficient (Wildman–Crippen LogP) is 2.32. The number of rotatable bonds is 3. The molecule has 98 valence electrons. The van der Waals surface area contributed by atoms with Crippen LogP contribution in [0.5, 0.6) is 0 Å². The maximum atomic E-state index is 11.9. The van der Waals surface area contributed by atoms with Crippen molar-refractivity contribution in [3.63, 3.8) is 0 Å². The molecule has 0 N–H and O–H groups in total. The lowest BCUT2D eigenvalue weighted by atomic mass is 9.94. The fraction of sp³-hybridized carbons (Fsp3) is 0.533. The van der Waals surface area contributed by atoms with Crippen LogP contribution in [0, 0.1) is 11.8 Å². The summed E-state index contributed by atoms with van der Waals surface area (Å²) < 4.78 is 4.94. The molecule has 0 amide bonds. The second-order valence-corrected chi connectivity index (χ2v) is 5.22. The Kier molecular flexibility index (Phi) is 4.02. The summed E-state index contributed by atoms with van der Waals surface area (Å²) in [6.45, 7) is 6.11. The summed E-state index contributed by atoms with van der Waals surface area (Å²) in [6, 6.07) is 10.2. The molecule has 1 fully saturated rings. The third kappa shape index (κ3) is 2.56. The van der Waals surface area contributed by atoms with Crippen molar-refractivity contribution in [3.8, 4) is 0 Å². The number of nitrogens with zero attached hydrogens (tertiary/aromatic N) is 1. The summed E-state index contributed by atoms with van der Waals surface area (Å²) in [5.41, 5.74) is 1.24. The van der Waals surface area contributed by atoms with Crippen LogP contribution in [0.3, 0.4) is 0 Å². The van der Waals surface area contributed by atoms with Gasteiger partial charge in [-0.2, -0.15) is 0 Å². The largest absolute Gasteiger partial charge is 0.468 e. The highest BCUT2D eigenvalue weighted by atomic mass is 16.5. The monoisotopic (exact) mass is 247 g/mol. The molecule has 0 radical (unpaired) electrons. The lowest BCUT2D eigenvalue weighted by Crippen LogP contribution is -2.39. The smallest absolute Gasteiger partial charge is 0.323 e. The summed E-state index contributed by atoms with van der Waals surface area (Å²) in [6.07, 6.45) is 0. The lowest BCUT2D eigenvalue weighted by molar-refractivity contribution is -0.147. The Bertz CT molecular complexity index is 404. The van der Waals surface area contributed by atoms with Gasteiger partial charge in [0.15, 0.2) is 0 Å². The van der Waals surface area contributed by atoms with Crippen LogP contribution < -0.4 is 0 Å². The van der Waals surface area contributed by atoms with Crippen molar-refractivity contribution in [1.29, 1.82) is 0 Å². The summed E-state index contributed by atoms with van der Waals surface area (Å²) in [7, 11) is 1.47. The second kappa shape index (κ2) is 5.53. The number of esters is 1. The zero-order valence-electron chi connectivity index (χ0n) is 11.3. The number of likely N-dealkylation sites (tertiary alicyclic amines) is 1. The summed E-state index contributed by atoms with van der Waals surface area (Å²) in [4.78, 5) is 14.1. The minimum atomic E-state index is -0.109. The lowest BCUT2D eigenvalue weighted by Gasteiger charge is -2.24. The molecule has 0 bridgehead atoms. The van der Waals surface area contributed by atoms with Gasteiger partial charge in [0.1, 0.15) is 6.04 Å². The fourth-order valence-electron chi connectivity index (χ4n) is 2.76. The molecular weight excluding hydrogens is 226 g/mol. The van der Waals surface area contributed by atoms with E-state index < -0.39 is 0 Å². The van der Waals surface area contributed by atoms with Gasteiger partial charge < -0.3 is 4.74 Å². The number of carbonyl (C=O) groups excluding carboxylic acids is 1. The highest BCUT2D eigenvalue weighted by Gasteiger charge is 2.41. The summed E-state index contributed by atoms with van der Waals surface area (Å²) >= 11 is 0. The van der Waals surface area contributed by atoms with Crippen molar-refractivity contribution >= 4 is 5.97 Å². The average molecular weight is 247 g/mol. The standard InChI is InChI=1S/C15H21NO2/c1-11-9-16(10-13-7-5-4-6-8-13)14(12(11)2)15(17)18-3/h4-8,11-12,14H,9-10H2,1-3H3/t11-,12+,14-/m0/s1. The highest BCUT2D eigenvalue weighted by Crippen LogP contribution is 2.31. The number of hydrogen-bond acceptors (Lipinski definition) is 3. The number of carbonyl (C=O) groups is 1. The van der Waals surface area contributed by atoms with E-state index in [1.165, 1.54) is 12.7 Å². The van der Waals surface area contributed by atoms with Gasteiger partial charge in [0.05, 0.1) is 7.11 Å². The van der Waals surface area contributed by atoms with Gasteiger partial charge in [-0.3, -0.25) is 9.69 Å². The van der Waals surface area contributed by atoms with Crippen LogP contribution in [-0.2, 0) is 16.1 Å². The van der Waals surface area contributed by atoms with Crippen molar-refractivity contribution in [2.24, 2.45) is 11.8 Å². The molecule has 2 rings (SSSR count). The van der Waals surface area contributed by atoms with Crippen LogP contribution in [0.4, 0.5) is 0 Å². The van der Waals surface area contributed by atoms with Gasteiger partial charge in [0.25, 0.3) is 0 Å². The molecule has 0 saturated carbocycles. The van der Waals surface area contributed by atoms with Gasteiger partial charge in [0.2, 0.25) is 0 Å². The summed E-state index contributed by atoms with van der Waals surface area (Å²) in [5, 5.41) is 0. The quantitative estimate of drug-likeness (QED) is 0.768. The Hall–Kier alpha value is -1.35. The van der Waals surface area contributed by atoms with Crippen LogP contribution in [-0.4, -0.2) is 30.6 Å². The van der Waals surface area contributed by atoms with Gasteiger partial charge in [-0.1, -0.05) is 44.2 Å². The van der Waals surface area contributed by atoms with Crippen molar-refractivity contribution < 1.29 is 9.53 Å². The van der Waals surface area contributed by atoms with Crippen molar-refractivity contribution in [1.82, 2.24) is 4.90 Å². The van der Waals surface area contributed by atoms with Crippen LogP contribution >= 0.6 is 0 Å². The molecule has 3 nitrogen and oxygen atoms in total. The molecule has 3 heteroatoms. The number of methoxy groups -OCH3 is 1. The number of hydrogen-bond donors (Lipinski definition) is 0. The van der Waals surface area contributed by atoms with Crippen LogP contribution in [0.2, 0.25) is 0 Å². The summed E-state index contributed by atoms with van der Waals surface area (Å²) in [5.74, 6) is 0.766.